The van der Waals surface area contributed by atoms with E-state index in [0.29, 0.717) is 12.2 Å². The van der Waals surface area contributed by atoms with Crippen molar-refractivity contribution in [3.05, 3.63) is 34.7 Å². The number of furan rings is 1. The van der Waals surface area contributed by atoms with Gasteiger partial charge in [-0.1, -0.05) is 0 Å². The number of carbonyl (C=O) groups is 1. The van der Waals surface area contributed by atoms with Crippen molar-refractivity contribution in [2.75, 3.05) is 11.9 Å². The molecule has 0 saturated carbocycles. The molecule has 0 spiro atoms. The van der Waals surface area contributed by atoms with E-state index in [9.17, 15) is 4.79 Å². The van der Waals surface area contributed by atoms with Crippen LogP contribution in [-0.4, -0.2) is 17.8 Å². The Kier molecular flexibility index (Phi) is 3.28. The average molecular weight is 250 g/mol. The number of ketones is 1. The third-order valence-electron chi connectivity index (χ3n) is 2.37. The lowest BCUT2D eigenvalue weighted by molar-refractivity contribution is 0.101. The first-order chi connectivity index (χ1) is 8.06. The maximum atomic E-state index is 11.2. The maximum absolute atomic E-state index is 11.2. The van der Waals surface area contributed by atoms with Gasteiger partial charge >= 0.3 is 0 Å². The second kappa shape index (κ2) is 4.71. The molecule has 0 aliphatic carbocycles. The van der Waals surface area contributed by atoms with Crippen LogP contribution in [0.2, 0.25) is 0 Å². The highest BCUT2D eigenvalue weighted by Crippen LogP contribution is 2.21. The van der Waals surface area contributed by atoms with Crippen molar-refractivity contribution < 1.29 is 9.21 Å². The quantitative estimate of drug-likeness (QED) is 0.783. The maximum Gasteiger partial charge on any atom is 0.186 e. The Labute approximate surface area is 104 Å². The lowest BCUT2D eigenvalue weighted by atomic mass is 10.4. The summed E-state index contributed by atoms with van der Waals surface area (Å²) in [6, 6.07) is 3.89. The number of carbonyl (C=O) groups excluding carboxylic acids is 1. The molecule has 90 valence electrons. The molecular weight excluding hydrogens is 236 g/mol. The zero-order chi connectivity index (χ0) is 12.4. The molecule has 5 heteroatoms. The number of nitrogens with zero attached hydrogens (tertiary/aromatic N) is 2. The molecule has 17 heavy (non-hydrogen) atoms. The number of thiazole rings is 1. The summed E-state index contributed by atoms with van der Waals surface area (Å²) in [5.41, 5.74) is 0.521. The largest absolute Gasteiger partial charge is 0.464 e. The molecule has 0 N–H and O–H groups in total. The van der Waals surface area contributed by atoms with Gasteiger partial charge in [-0.25, -0.2) is 4.98 Å². The Morgan fingerprint density at radius 2 is 2.29 bits per heavy atom. The minimum absolute atomic E-state index is 0.00487. The van der Waals surface area contributed by atoms with E-state index in [-0.39, 0.29) is 5.78 Å². The number of aryl methyl sites for hydroxylation is 1. The van der Waals surface area contributed by atoms with Gasteiger partial charge in [0, 0.05) is 19.4 Å². The molecule has 0 bridgehead atoms. The van der Waals surface area contributed by atoms with Crippen LogP contribution in [0.5, 0.6) is 0 Å². The van der Waals surface area contributed by atoms with Gasteiger partial charge in [-0.05, 0) is 19.1 Å². The third-order valence-corrected chi connectivity index (χ3v) is 3.32. The summed E-state index contributed by atoms with van der Waals surface area (Å²) in [7, 11) is 1.93. The standard InChI is InChI=1S/C12H14N2O2S/c1-8-4-5-10(16-8)6-14(3)12-13-11(7-17-12)9(2)15/h4-5,7H,6H2,1-3H3. The topological polar surface area (TPSA) is 46.3 Å². The van der Waals surface area contributed by atoms with Gasteiger partial charge in [0.25, 0.3) is 0 Å². The lowest BCUT2D eigenvalue weighted by Gasteiger charge is -2.13. The fourth-order valence-corrected chi connectivity index (χ4v) is 2.30. The van der Waals surface area contributed by atoms with E-state index in [1.54, 1.807) is 5.38 Å². The van der Waals surface area contributed by atoms with Gasteiger partial charge in [-0.3, -0.25) is 4.79 Å². The summed E-state index contributed by atoms with van der Waals surface area (Å²) in [5, 5.41) is 2.60. The number of hydrogen-bond donors (Lipinski definition) is 0. The Morgan fingerprint density at radius 3 is 2.82 bits per heavy atom. The van der Waals surface area contributed by atoms with Crippen LogP contribution in [0.25, 0.3) is 0 Å². The number of anilines is 1. The fraction of sp³-hybridized carbons (Fsp3) is 0.333. The minimum atomic E-state index is -0.00487. The fourth-order valence-electron chi connectivity index (χ4n) is 1.47. The number of hydrogen-bond acceptors (Lipinski definition) is 5. The first kappa shape index (κ1) is 11.9. The van der Waals surface area contributed by atoms with Crippen molar-refractivity contribution in [1.82, 2.24) is 4.98 Å². The van der Waals surface area contributed by atoms with Gasteiger partial charge in [0.2, 0.25) is 0 Å². The molecule has 0 saturated heterocycles. The SMILES string of the molecule is CC(=O)c1csc(N(C)Cc2ccc(C)o2)n1. The highest BCUT2D eigenvalue weighted by Gasteiger charge is 2.11. The number of Topliss-reactive ketones (excluding diaryl/α,β-unsaturated/α-hetero) is 1. The van der Waals surface area contributed by atoms with Gasteiger partial charge in [0.15, 0.2) is 10.9 Å². The Morgan fingerprint density at radius 1 is 1.53 bits per heavy atom. The van der Waals surface area contributed by atoms with E-state index in [4.69, 9.17) is 4.42 Å². The summed E-state index contributed by atoms with van der Waals surface area (Å²) in [6.45, 7) is 4.09. The zero-order valence-electron chi connectivity index (χ0n) is 10.1. The zero-order valence-corrected chi connectivity index (χ0v) is 10.9. The van der Waals surface area contributed by atoms with Crippen LogP contribution in [0.15, 0.2) is 21.9 Å². The van der Waals surface area contributed by atoms with Crippen LogP contribution in [-0.2, 0) is 6.54 Å². The van der Waals surface area contributed by atoms with Crippen molar-refractivity contribution >= 4 is 22.3 Å². The molecule has 0 unspecified atom stereocenters. The Bertz CT molecular complexity index is 530. The van der Waals surface area contributed by atoms with E-state index in [1.807, 2.05) is 31.0 Å². The Balaban J connectivity index is 2.08. The highest BCUT2D eigenvalue weighted by molar-refractivity contribution is 7.13. The molecule has 2 aromatic rings. The summed E-state index contributed by atoms with van der Waals surface area (Å²) in [6.07, 6.45) is 0. The molecule has 2 rings (SSSR count). The van der Waals surface area contributed by atoms with Crippen LogP contribution in [0, 0.1) is 6.92 Å². The summed E-state index contributed by atoms with van der Waals surface area (Å²) in [4.78, 5) is 17.4. The lowest BCUT2D eigenvalue weighted by Crippen LogP contribution is -2.15. The van der Waals surface area contributed by atoms with Gasteiger partial charge in [0.05, 0.1) is 6.54 Å². The van der Waals surface area contributed by atoms with E-state index < -0.39 is 0 Å². The molecule has 0 amide bonds. The summed E-state index contributed by atoms with van der Waals surface area (Å²) in [5.74, 6) is 1.79. The molecule has 0 aliphatic heterocycles. The third kappa shape index (κ3) is 2.74. The first-order valence-corrected chi connectivity index (χ1v) is 6.17. The van der Waals surface area contributed by atoms with Crippen LogP contribution in [0.1, 0.15) is 28.9 Å². The van der Waals surface area contributed by atoms with Crippen molar-refractivity contribution in [3.63, 3.8) is 0 Å². The molecule has 0 aromatic carbocycles. The minimum Gasteiger partial charge on any atom is -0.464 e. The van der Waals surface area contributed by atoms with Crippen molar-refractivity contribution in [2.45, 2.75) is 20.4 Å². The van der Waals surface area contributed by atoms with Gasteiger partial charge in [-0.2, -0.15) is 0 Å². The highest BCUT2D eigenvalue weighted by atomic mass is 32.1. The van der Waals surface area contributed by atoms with Gasteiger partial charge in [-0.15, -0.1) is 11.3 Å². The molecular formula is C12H14N2O2S. The predicted molar refractivity (Wildman–Crippen MR) is 67.7 cm³/mol. The second-order valence-electron chi connectivity index (χ2n) is 3.94. The van der Waals surface area contributed by atoms with E-state index in [1.165, 1.54) is 18.3 Å². The molecule has 2 heterocycles. The molecule has 4 nitrogen and oxygen atoms in total. The van der Waals surface area contributed by atoms with Gasteiger partial charge in [0.1, 0.15) is 17.2 Å². The number of rotatable bonds is 4. The predicted octanol–water partition coefficient (Wildman–Crippen LogP) is 2.88. The van der Waals surface area contributed by atoms with Crippen molar-refractivity contribution in [2.24, 2.45) is 0 Å². The smallest absolute Gasteiger partial charge is 0.186 e. The second-order valence-corrected chi connectivity index (χ2v) is 4.78. The average Bonchev–Trinajstić information content (AvgIpc) is 2.86. The molecule has 0 radical (unpaired) electrons. The molecule has 2 aromatic heterocycles. The molecule has 0 atom stereocenters. The van der Waals surface area contributed by atoms with Crippen LogP contribution in [0.4, 0.5) is 5.13 Å². The van der Waals surface area contributed by atoms with Crippen LogP contribution in [0.3, 0.4) is 0 Å². The normalized spacial score (nSPS) is 10.5. The summed E-state index contributed by atoms with van der Waals surface area (Å²) >= 11 is 1.46. The first-order valence-electron chi connectivity index (χ1n) is 5.29. The Hall–Kier alpha value is -1.62. The van der Waals surface area contributed by atoms with Crippen LogP contribution >= 0.6 is 11.3 Å². The van der Waals surface area contributed by atoms with Crippen molar-refractivity contribution in [3.8, 4) is 0 Å². The van der Waals surface area contributed by atoms with Crippen LogP contribution < -0.4 is 4.90 Å². The van der Waals surface area contributed by atoms with Crippen molar-refractivity contribution in [1.29, 1.82) is 0 Å². The van der Waals surface area contributed by atoms with E-state index in [2.05, 4.69) is 4.98 Å². The van der Waals surface area contributed by atoms with E-state index in [0.717, 1.165) is 16.7 Å². The summed E-state index contributed by atoms with van der Waals surface area (Å²) < 4.78 is 5.50. The monoisotopic (exact) mass is 250 g/mol. The number of aromatic nitrogens is 1. The van der Waals surface area contributed by atoms with E-state index >= 15 is 0 Å². The molecule has 0 aliphatic rings. The van der Waals surface area contributed by atoms with Gasteiger partial charge < -0.3 is 9.32 Å². The molecule has 0 fully saturated rings.